The van der Waals surface area contributed by atoms with Crippen LogP contribution in [0.15, 0.2) is 48.5 Å². The number of methoxy groups -OCH3 is 1. The fourth-order valence-corrected chi connectivity index (χ4v) is 4.75. The van der Waals surface area contributed by atoms with Gasteiger partial charge in [-0.15, -0.1) is 0 Å². The number of hydrogen-bond acceptors (Lipinski definition) is 6. The first-order valence-electron chi connectivity index (χ1n) is 8.98. The highest BCUT2D eigenvalue weighted by Gasteiger charge is 2.33. The Morgan fingerprint density at radius 3 is 2.43 bits per heavy atom. The van der Waals surface area contributed by atoms with Crippen LogP contribution >= 0.6 is 11.6 Å². The molecule has 0 fully saturated rings. The van der Waals surface area contributed by atoms with Gasteiger partial charge in [0.25, 0.3) is 5.91 Å². The van der Waals surface area contributed by atoms with E-state index >= 15 is 0 Å². The molecule has 2 aromatic carbocycles. The van der Waals surface area contributed by atoms with Crippen LogP contribution in [0.5, 0.6) is 11.5 Å². The number of rotatable bonds is 6. The Kier molecular flexibility index (Phi) is 5.40. The van der Waals surface area contributed by atoms with Crippen molar-refractivity contribution in [2.45, 2.75) is 11.5 Å². The molecule has 1 aliphatic heterocycles. The Balaban J connectivity index is 1.56. The number of aromatic nitrogens is 2. The summed E-state index contributed by atoms with van der Waals surface area (Å²) in [5.41, 5.74) is 1.57. The van der Waals surface area contributed by atoms with E-state index in [1.165, 1.54) is 4.68 Å². The molecule has 0 spiro atoms. The fourth-order valence-electron chi connectivity index (χ4n) is 3.13. The minimum Gasteiger partial charge on any atom is -0.497 e. The smallest absolute Gasteiger partial charge is 0.263 e. The van der Waals surface area contributed by atoms with Crippen molar-refractivity contribution < 1.29 is 22.7 Å². The Bertz CT molecular complexity index is 1190. The van der Waals surface area contributed by atoms with Crippen LogP contribution in [0.25, 0.3) is 5.69 Å². The molecule has 3 aromatic rings. The number of benzene rings is 2. The van der Waals surface area contributed by atoms with Crippen molar-refractivity contribution >= 4 is 33.2 Å². The number of carbonyl (C=O) groups is 1. The number of carbonyl (C=O) groups excluding carboxylic acids is 1. The maximum absolute atomic E-state index is 12.5. The van der Waals surface area contributed by atoms with E-state index < -0.39 is 15.7 Å². The number of nitrogens with zero attached hydrogens (tertiary/aromatic N) is 2. The lowest BCUT2D eigenvalue weighted by Crippen LogP contribution is -2.22. The first kappa shape index (κ1) is 20.2. The molecule has 1 amide bonds. The minimum atomic E-state index is -3.28. The molecule has 4 rings (SSSR count). The molecule has 0 saturated carbocycles. The van der Waals surface area contributed by atoms with E-state index in [1.54, 1.807) is 55.6 Å². The normalized spacial score (nSPS) is 14.2. The number of hydrogen-bond donors (Lipinski definition) is 1. The third kappa shape index (κ3) is 4.27. The molecule has 8 nitrogen and oxygen atoms in total. The highest BCUT2D eigenvalue weighted by atomic mass is 35.5. The first-order valence-corrected chi connectivity index (χ1v) is 11.2. The van der Waals surface area contributed by atoms with E-state index in [0.29, 0.717) is 39.3 Å². The second-order valence-corrected chi connectivity index (χ2v) is 9.21. The maximum Gasteiger partial charge on any atom is 0.263 e. The zero-order valence-corrected chi connectivity index (χ0v) is 17.5. The van der Waals surface area contributed by atoms with Crippen molar-refractivity contribution in [3.8, 4) is 17.2 Å². The summed E-state index contributed by atoms with van der Waals surface area (Å²) in [7, 11) is -1.72. The Morgan fingerprint density at radius 1 is 1.10 bits per heavy atom. The van der Waals surface area contributed by atoms with Gasteiger partial charge in [0.1, 0.15) is 17.3 Å². The van der Waals surface area contributed by atoms with Gasteiger partial charge in [0.15, 0.2) is 16.4 Å². The van der Waals surface area contributed by atoms with Gasteiger partial charge in [0, 0.05) is 10.6 Å². The van der Waals surface area contributed by atoms with Gasteiger partial charge in [-0.05, 0) is 48.5 Å². The van der Waals surface area contributed by atoms with Crippen molar-refractivity contribution in [3.05, 3.63) is 64.8 Å². The molecule has 1 aromatic heterocycles. The van der Waals surface area contributed by atoms with Crippen molar-refractivity contribution in [1.82, 2.24) is 9.78 Å². The van der Waals surface area contributed by atoms with E-state index in [2.05, 4.69) is 10.4 Å². The predicted octanol–water partition coefficient (Wildman–Crippen LogP) is 2.98. The van der Waals surface area contributed by atoms with Crippen molar-refractivity contribution in [3.63, 3.8) is 0 Å². The van der Waals surface area contributed by atoms with Gasteiger partial charge in [-0.1, -0.05) is 11.6 Å². The molecule has 1 N–H and O–H groups in total. The average molecular weight is 448 g/mol. The van der Waals surface area contributed by atoms with Crippen LogP contribution in [0.2, 0.25) is 5.02 Å². The highest BCUT2D eigenvalue weighted by Crippen LogP contribution is 2.33. The third-order valence-corrected chi connectivity index (χ3v) is 6.24. The number of nitrogens with one attached hydrogen (secondary N) is 1. The Labute approximate surface area is 178 Å². The minimum absolute atomic E-state index is 0.159. The van der Waals surface area contributed by atoms with Gasteiger partial charge in [-0.25, -0.2) is 13.1 Å². The molecule has 156 valence electrons. The molecule has 10 heteroatoms. The molecular weight excluding hydrogens is 430 g/mol. The van der Waals surface area contributed by atoms with Gasteiger partial charge in [0.2, 0.25) is 0 Å². The van der Waals surface area contributed by atoms with Crippen LogP contribution in [-0.2, 0) is 26.1 Å². The van der Waals surface area contributed by atoms with Crippen molar-refractivity contribution in [2.24, 2.45) is 0 Å². The molecule has 30 heavy (non-hydrogen) atoms. The number of fused-ring (bicyclic) bond motifs is 1. The third-order valence-electron chi connectivity index (χ3n) is 4.55. The summed E-state index contributed by atoms with van der Waals surface area (Å²) in [5.74, 6) is 0.726. The number of sulfone groups is 1. The van der Waals surface area contributed by atoms with E-state index in [4.69, 9.17) is 21.1 Å². The lowest BCUT2D eigenvalue weighted by atomic mass is 10.2. The summed E-state index contributed by atoms with van der Waals surface area (Å²) < 4.78 is 36.2. The van der Waals surface area contributed by atoms with Gasteiger partial charge < -0.3 is 14.8 Å². The summed E-state index contributed by atoms with van der Waals surface area (Å²) >= 11 is 5.95. The lowest BCUT2D eigenvalue weighted by molar-refractivity contribution is -0.118. The summed E-state index contributed by atoms with van der Waals surface area (Å²) in [4.78, 5) is 12.5. The average Bonchev–Trinajstić information content (AvgIpc) is 3.20. The molecule has 0 saturated heterocycles. The number of anilines is 1. The zero-order chi connectivity index (χ0) is 21.3. The molecule has 0 aliphatic carbocycles. The van der Waals surface area contributed by atoms with Gasteiger partial charge in [0.05, 0.1) is 30.0 Å². The molecule has 0 bridgehead atoms. The van der Waals surface area contributed by atoms with E-state index in [0.717, 1.165) is 0 Å². The van der Waals surface area contributed by atoms with Crippen molar-refractivity contribution in [2.75, 3.05) is 19.0 Å². The second-order valence-electron chi connectivity index (χ2n) is 6.71. The van der Waals surface area contributed by atoms with Crippen LogP contribution in [0.3, 0.4) is 0 Å². The summed E-state index contributed by atoms with van der Waals surface area (Å²) in [6, 6.07) is 13.7. The molecule has 0 atom stereocenters. The molecular formula is C20H18ClN3O5S. The van der Waals surface area contributed by atoms with Gasteiger partial charge >= 0.3 is 0 Å². The Morgan fingerprint density at radius 2 is 1.77 bits per heavy atom. The van der Waals surface area contributed by atoms with Crippen LogP contribution in [0, 0.1) is 0 Å². The first-order chi connectivity index (χ1) is 14.3. The second kappa shape index (κ2) is 8.00. The van der Waals surface area contributed by atoms with E-state index in [-0.39, 0.29) is 18.1 Å². The van der Waals surface area contributed by atoms with Gasteiger partial charge in [-0.3, -0.25) is 4.79 Å². The maximum atomic E-state index is 12.5. The predicted molar refractivity (Wildman–Crippen MR) is 112 cm³/mol. The van der Waals surface area contributed by atoms with Gasteiger partial charge in [-0.2, -0.15) is 5.10 Å². The zero-order valence-electron chi connectivity index (χ0n) is 16.0. The SMILES string of the molecule is COc1ccc(OCC(=O)Nc2c3c(nn2-c2ccc(Cl)cc2)CS(=O)(=O)C3)cc1. The number of ether oxygens (including phenoxy) is 2. The molecule has 0 radical (unpaired) electrons. The highest BCUT2D eigenvalue weighted by molar-refractivity contribution is 7.90. The van der Waals surface area contributed by atoms with E-state index in [9.17, 15) is 13.2 Å². The monoisotopic (exact) mass is 447 g/mol. The number of halogens is 1. The topological polar surface area (TPSA) is 99.5 Å². The van der Waals surface area contributed by atoms with E-state index in [1.807, 2.05) is 0 Å². The molecule has 2 heterocycles. The molecule has 1 aliphatic rings. The largest absolute Gasteiger partial charge is 0.497 e. The van der Waals surface area contributed by atoms with Crippen LogP contribution < -0.4 is 14.8 Å². The fraction of sp³-hybridized carbons (Fsp3) is 0.200. The summed E-state index contributed by atoms with van der Waals surface area (Å²) in [6.07, 6.45) is 0. The van der Waals surface area contributed by atoms with Crippen LogP contribution in [-0.4, -0.2) is 37.8 Å². The Hall–Kier alpha value is -3.04. The standard InChI is InChI=1S/C20H18ClN3O5S/c1-28-15-6-8-16(9-7-15)29-10-19(25)22-20-17-11-30(26,27)12-18(17)23-24(20)14-4-2-13(21)3-5-14/h2-9H,10-12H2,1H3,(H,22,25). The van der Waals surface area contributed by atoms with Crippen LogP contribution in [0.4, 0.5) is 5.82 Å². The van der Waals surface area contributed by atoms with Crippen LogP contribution in [0.1, 0.15) is 11.3 Å². The van der Waals surface area contributed by atoms with Crippen molar-refractivity contribution in [1.29, 1.82) is 0 Å². The summed E-state index contributed by atoms with van der Waals surface area (Å²) in [6.45, 7) is -0.250. The summed E-state index contributed by atoms with van der Waals surface area (Å²) in [5, 5.41) is 7.71. The molecule has 0 unspecified atom stereocenters. The number of amides is 1. The lowest BCUT2D eigenvalue weighted by Gasteiger charge is -2.12. The quantitative estimate of drug-likeness (QED) is 0.623.